The van der Waals surface area contributed by atoms with E-state index in [2.05, 4.69) is 10.1 Å². The first kappa shape index (κ1) is 19.8. The Kier molecular flexibility index (Phi) is 5.56. The maximum Gasteiger partial charge on any atom is 0.310 e. The van der Waals surface area contributed by atoms with Crippen molar-refractivity contribution in [1.82, 2.24) is 10.1 Å². The second-order valence-electron chi connectivity index (χ2n) is 7.13. The predicted octanol–water partition coefficient (Wildman–Crippen LogP) is 3.60. The summed E-state index contributed by atoms with van der Waals surface area (Å²) in [5.74, 6) is -0.324. The highest BCUT2D eigenvalue weighted by atomic mass is 19.1. The van der Waals surface area contributed by atoms with Crippen molar-refractivity contribution in [3.8, 4) is 11.4 Å². The van der Waals surface area contributed by atoms with Crippen LogP contribution in [0.4, 0.5) is 10.1 Å². The predicted molar refractivity (Wildman–Crippen MR) is 106 cm³/mol. The number of esters is 1. The molecule has 0 radical (unpaired) electrons. The number of hydrogen-bond donors (Lipinski definition) is 0. The Morgan fingerprint density at radius 2 is 2.03 bits per heavy atom. The van der Waals surface area contributed by atoms with Crippen LogP contribution in [0.5, 0.6) is 0 Å². The maximum atomic E-state index is 13.7. The lowest BCUT2D eigenvalue weighted by Gasteiger charge is -2.15. The Hall–Kier alpha value is -3.55. The van der Waals surface area contributed by atoms with Crippen molar-refractivity contribution in [3.05, 3.63) is 65.3 Å². The summed E-state index contributed by atoms with van der Waals surface area (Å²) in [5, 5.41) is 3.80. The molecule has 7 nitrogen and oxygen atoms in total. The van der Waals surface area contributed by atoms with Crippen molar-refractivity contribution in [2.45, 2.75) is 32.8 Å². The van der Waals surface area contributed by atoms with E-state index in [1.54, 1.807) is 36.1 Å². The van der Waals surface area contributed by atoms with E-state index in [4.69, 9.17) is 9.26 Å². The molecule has 1 aromatic heterocycles. The molecule has 0 saturated carbocycles. The van der Waals surface area contributed by atoms with Crippen LogP contribution in [0, 0.1) is 12.7 Å². The van der Waals surface area contributed by atoms with Crippen LogP contribution in [-0.2, 0) is 27.4 Å². The number of carbonyl (C=O) groups excluding carboxylic acids is 2. The second-order valence-corrected chi connectivity index (χ2v) is 7.13. The zero-order chi connectivity index (χ0) is 21.1. The molecule has 0 spiro atoms. The minimum Gasteiger partial charge on any atom is -0.455 e. The molecule has 4 rings (SSSR count). The highest BCUT2D eigenvalue weighted by Crippen LogP contribution is 2.22. The van der Waals surface area contributed by atoms with E-state index in [1.165, 1.54) is 6.07 Å². The molecule has 1 aliphatic rings. The van der Waals surface area contributed by atoms with Crippen LogP contribution in [-0.4, -0.2) is 28.6 Å². The van der Waals surface area contributed by atoms with Gasteiger partial charge in [-0.3, -0.25) is 9.59 Å². The van der Waals surface area contributed by atoms with E-state index in [-0.39, 0.29) is 36.5 Å². The maximum absolute atomic E-state index is 13.7. The summed E-state index contributed by atoms with van der Waals surface area (Å²) in [7, 11) is 0. The van der Waals surface area contributed by atoms with Gasteiger partial charge in [0, 0.05) is 24.2 Å². The van der Waals surface area contributed by atoms with E-state index in [0.29, 0.717) is 17.5 Å². The SMILES string of the molecule is Cc1ccc(-c2noc(COC(=O)Cc3ccc(N4CCCC4=O)cc3)n2)cc1F. The van der Waals surface area contributed by atoms with Crippen molar-refractivity contribution in [3.63, 3.8) is 0 Å². The lowest BCUT2D eigenvalue weighted by molar-refractivity contribution is -0.144. The van der Waals surface area contributed by atoms with E-state index >= 15 is 0 Å². The van der Waals surface area contributed by atoms with Gasteiger partial charge in [0.25, 0.3) is 5.89 Å². The van der Waals surface area contributed by atoms with Crippen LogP contribution in [0.15, 0.2) is 47.0 Å². The fourth-order valence-corrected chi connectivity index (χ4v) is 3.24. The van der Waals surface area contributed by atoms with Crippen molar-refractivity contribution in [2.75, 3.05) is 11.4 Å². The molecule has 0 atom stereocenters. The summed E-state index contributed by atoms with van der Waals surface area (Å²) in [4.78, 5) is 29.8. The summed E-state index contributed by atoms with van der Waals surface area (Å²) in [6.07, 6.45) is 1.52. The van der Waals surface area contributed by atoms with Gasteiger partial charge in [0.1, 0.15) is 5.82 Å². The van der Waals surface area contributed by atoms with Gasteiger partial charge < -0.3 is 14.2 Å². The van der Waals surface area contributed by atoms with Crippen LogP contribution >= 0.6 is 0 Å². The molecule has 30 heavy (non-hydrogen) atoms. The highest BCUT2D eigenvalue weighted by molar-refractivity contribution is 5.95. The molecule has 0 bridgehead atoms. The van der Waals surface area contributed by atoms with Crippen LogP contribution in [0.3, 0.4) is 0 Å². The summed E-state index contributed by atoms with van der Waals surface area (Å²) in [6.45, 7) is 2.22. The lowest BCUT2D eigenvalue weighted by atomic mass is 10.1. The number of nitrogens with zero attached hydrogens (tertiary/aromatic N) is 3. The van der Waals surface area contributed by atoms with Gasteiger partial charge in [0.15, 0.2) is 6.61 Å². The molecule has 1 aliphatic heterocycles. The number of rotatable bonds is 6. The molecule has 0 N–H and O–H groups in total. The van der Waals surface area contributed by atoms with Crippen LogP contribution in [0.2, 0.25) is 0 Å². The molecule has 2 aromatic carbocycles. The van der Waals surface area contributed by atoms with E-state index < -0.39 is 5.97 Å². The number of halogens is 1. The van der Waals surface area contributed by atoms with Crippen LogP contribution in [0.25, 0.3) is 11.4 Å². The van der Waals surface area contributed by atoms with Gasteiger partial charge >= 0.3 is 5.97 Å². The standard InChI is InChI=1S/C22H20FN3O4/c1-14-4-7-16(12-18(14)23)22-24-19(30-25-22)13-29-21(28)11-15-5-8-17(9-6-15)26-10-2-3-20(26)27/h4-9,12H,2-3,10-11,13H2,1H3. The first-order chi connectivity index (χ1) is 14.5. The minimum absolute atomic E-state index is 0.0817. The number of benzene rings is 2. The third-order valence-corrected chi connectivity index (χ3v) is 4.92. The molecule has 0 unspecified atom stereocenters. The van der Waals surface area contributed by atoms with Gasteiger partial charge in [-0.1, -0.05) is 29.4 Å². The molecule has 1 saturated heterocycles. The lowest BCUT2D eigenvalue weighted by Crippen LogP contribution is -2.23. The van der Waals surface area contributed by atoms with Gasteiger partial charge in [0.05, 0.1) is 6.42 Å². The Bertz CT molecular complexity index is 1080. The third kappa shape index (κ3) is 4.37. The van der Waals surface area contributed by atoms with Crippen molar-refractivity contribution >= 4 is 17.6 Å². The molecule has 1 fully saturated rings. The molecule has 3 aromatic rings. The molecule has 8 heteroatoms. The zero-order valence-corrected chi connectivity index (χ0v) is 16.4. The average molecular weight is 409 g/mol. The van der Waals surface area contributed by atoms with E-state index in [1.807, 2.05) is 12.1 Å². The number of aromatic nitrogens is 2. The van der Waals surface area contributed by atoms with Gasteiger partial charge in [0.2, 0.25) is 11.7 Å². The van der Waals surface area contributed by atoms with E-state index in [0.717, 1.165) is 24.2 Å². The van der Waals surface area contributed by atoms with Gasteiger partial charge in [-0.2, -0.15) is 4.98 Å². The summed E-state index contributed by atoms with van der Waals surface area (Å²) in [5.41, 5.74) is 2.62. The van der Waals surface area contributed by atoms with Crippen molar-refractivity contribution < 1.29 is 23.2 Å². The average Bonchev–Trinajstić information content (AvgIpc) is 3.38. The quantitative estimate of drug-likeness (QED) is 0.579. The molecular formula is C22H20FN3O4. The Morgan fingerprint density at radius 3 is 2.73 bits per heavy atom. The topological polar surface area (TPSA) is 85.5 Å². The first-order valence-corrected chi connectivity index (χ1v) is 9.63. The number of aryl methyl sites for hydroxylation is 1. The number of anilines is 1. The Labute approximate surface area is 172 Å². The number of ether oxygens (including phenoxy) is 1. The molecular weight excluding hydrogens is 389 g/mol. The Balaban J connectivity index is 1.31. The van der Waals surface area contributed by atoms with Crippen molar-refractivity contribution in [2.24, 2.45) is 0 Å². The van der Waals surface area contributed by atoms with Crippen LogP contribution in [0.1, 0.15) is 29.9 Å². The van der Waals surface area contributed by atoms with Gasteiger partial charge in [-0.15, -0.1) is 0 Å². The third-order valence-electron chi connectivity index (χ3n) is 4.92. The second kappa shape index (κ2) is 8.44. The smallest absolute Gasteiger partial charge is 0.310 e. The first-order valence-electron chi connectivity index (χ1n) is 9.63. The molecule has 2 heterocycles. The monoisotopic (exact) mass is 409 g/mol. The molecule has 1 amide bonds. The minimum atomic E-state index is -0.443. The largest absolute Gasteiger partial charge is 0.455 e. The fraction of sp³-hybridized carbons (Fsp3) is 0.273. The van der Waals surface area contributed by atoms with Crippen LogP contribution < -0.4 is 4.90 Å². The normalized spacial score (nSPS) is 13.7. The van der Waals surface area contributed by atoms with E-state index in [9.17, 15) is 14.0 Å². The summed E-state index contributed by atoms with van der Waals surface area (Å²) >= 11 is 0. The van der Waals surface area contributed by atoms with Crippen molar-refractivity contribution in [1.29, 1.82) is 0 Å². The fourth-order valence-electron chi connectivity index (χ4n) is 3.24. The number of amides is 1. The highest BCUT2D eigenvalue weighted by Gasteiger charge is 2.21. The summed E-state index contributed by atoms with van der Waals surface area (Å²) < 4.78 is 24.0. The number of hydrogen-bond acceptors (Lipinski definition) is 6. The number of carbonyl (C=O) groups is 2. The molecule has 154 valence electrons. The Morgan fingerprint density at radius 1 is 1.23 bits per heavy atom. The molecule has 0 aliphatic carbocycles. The van der Waals surface area contributed by atoms with Gasteiger partial charge in [-0.25, -0.2) is 4.39 Å². The summed E-state index contributed by atoms with van der Waals surface area (Å²) in [6, 6.07) is 11.9. The van der Waals surface area contributed by atoms with Gasteiger partial charge in [-0.05, 0) is 42.7 Å². The zero-order valence-electron chi connectivity index (χ0n) is 16.4.